The molecule has 98 valence electrons. The molecule has 1 aliphatic heterocycles. The van der Waals surface area contributed by atoms with Crippen molar-refractivity contribution in [2.75, 3.05) is 13.7 Å². The summed E-state index contributed by atoms with van der Waals surface area (Å²) < 4.78 is 4.76. The number of hydrogen-bond acceptors (Lipinski definition) is 5. The fraction of sp³-hybridized carbons (Fsp3) is 0.583. The zero-order chi connectivity index (χ0) is 13.1. The van der Waals surface area contributed by atoms with E-state index in [4.69, 9.17) is 4.74 Å². The number of carbonyl (C=O) groups excluding carboxylic acids is 2. The second-order valence-corrected chi connectivity index (χ2v) is 5.35. The first-order chi connectivity index (χ1) is 8.63. The van der Waals surface area contributed by atoms with Crippen LogP contribution in [0.15, 0.2) is 5.38 Å². The summed E-state index contributed by atoms with van der Waals surface area (Å²) >= 11 is 1.44. The summed E-state index contributed by atoms with van der Waals surface area (Å²) in [4.78, 5) is 29.8. The number of carbonyl (C=O) groups is 2. The molecular weight excluding hydrogens is 252 g/mol. The Morgan fingerprint density at radius 3 is 2.89 bits per heavy atom. The number of thiazole rings is 1. The summed E-state index contributed by atoms with van der Waals surface area (Å²) in [5.74, 6) is -0.510. The van der Waals surface area contributed by atoms with Gasteiger partial charge < -0.3 is 9.64 Å². The average Bonchev–Trinajstić information content (AvgIpc) is 2.83. The highest BCUT2D eigenvalue weighted by Crippen LogP contribution is 2.21. The zero-order valence-electron chi connectivity index (χ0n) is 10.5. The molecule has 0 bridgehead atoms. The van der Waals surface area contributed by atoms with E-state index in [9.17, 15) is 9.59 Å². The number of piperidine rings is 1. The first kappa shape index (κ1) is 13.0. The first-order valence-electron chi connectivity index (χ1n) is 5.94. The molecule has 0 saturated carbocycles. The van der Waals surface area contributed by atoms with E-state index in [1.165, 1.54) is 18.4 Å². The van der Waals surface area contributed by atoms with Gasteiger partial charge in [0.25, 0.3) is 5.91 Å². The van der Waals surface area contributed by atoms with Crippen LogP contribution in [0.5, 0.6) is 0 Å². The Morgan fingerprint density at radius 1 is 1.50 bits per heavy atom. The molecule has 0 N–H and O–H groups in total. The van der Waals surface area contributed by atoms with Crippen LogP contribution in [-0.4, -0.2) is 41.5 Å². The third-order valence-corrected chi connectivity index (χ3v) is 3.85. The number of hydrogen-bond donors (Lipinski definition) is 0. The van der Waals surface area contributed by atoms with Crippen LogP contribution in [0.1, 0.15) is 34.8 Å². The van der Waals surface area contributed by atoms with E-state index in [-0.39, 0.29) is 11.9 Å². The highest BCUT2D eigenvalue weighted by molar-refractivity contribution is 7.09. The van der Waals surface area contributed by atoms with Gasteiger partial charge in [-0.1, -0.05) is 0 Å². The Kier molecular flexibility index (Phi) is 3.96. The van der Waals surface area contributed by atoms with Gasteiger partial charge in [0.15, 0.2) is 0 Å². The molecule has 0 unspecified atom stereocenters. The summed E-state index contributed by atoms with van der Waals surface area (Å²) in [5.41, 5.74) is 0.424. The van der Waals surface area contributed by atoms with Gasteiger partial charge in [-0.25, -0.2) is 9.78 Å². The monoisotopic (exact) mass is 268 g/mol. The van der Waals surface area contributed by atoms with Crippen molar-refractivity contribution in [2.45, 2.75) is 32.2 Å². The fourth-order valence-corrected chi connectivity index (χ4v) is 2.75. The predicted octanol–water partition coefficient (Wildman–Crippen LogP) is 1.62. The van der Waals surface area contributed by atoms with E-state index >= 15 is 0 Å². The Labute approximate surface area is 110 Å². The molecule has 1 atom stereocenters. The molecule has 0 radical (unpaired) electrons. The standard InChI is InChI=1S/C12H16N2O3S/c1-8-13-9(7-18-8)11(15)14-6-4-3-5-10(14)12(16)17-2/h7,10H,3-6H2,1-2H3/t10-/m1/s1. The SMILES string of the molecule is COC(=O)[C@H]1CCCCN1C(=O)c1csc(C)n1. The van der Waals surface area contributed by atoms with E-state index in [0.717, 1.165) is 17.8 Å². The number of ether oxygens (including phenoxy) is 1. The van der Waals surface area contributed by atoms with Crippen molar-refractivity contribution < 1.29 is 14.3 Å². The maximum Gasteiger partial charge on any atom is 0.328 e. The Hall–Kier alpha value is -1.43. The largest absolute Gasteiger partial charge is 0.467 e. The Balaban J connectivity index is 2.18. The van der Waals surface area contributed by atoms with Gasteiger partial charge >= 0.3 is 5.97 Å². The van der Waals surface area contributed by atoms with Gasteiger partial charge in [0.2, 0.25) is 0 Å². The summed E-state index contributed by atoms with van der Waals surface area (Å²) in [6, 6.07) is -0.460. The Bertz CT molecular complexity index is 458. The van der Waals surface area contributed by atoms with Gasteiger partial charge in [0.05, 0.1) is 12.1 Å². The van der Waals surface area contributed by atoms with Gasteiger partial charge in [0, 0.05) is 11.9 Å². The topological polar surface area (TPSA) is 59.5 Å². The number of likely N-dealkylation sites (tertiary alicyclic amines) is 1. The number of methoxy groups -OCH3 is 1. The quantitative estimate of drug-likeness (QED) is 0.765. The molecule has 1 aromatic rings. The van der Waals surface area contributed by atoms with Crippen molar-refractivity contribution in [1.82, 2.24) is 9.88 Å². The molecule has 1 fully saturated rings. The smallest absolute Gasteiger partial charge is 0.328 e. The van der Waals surface area contributed by atoms with E-state index in [1.54, 1.807) is 10.3 Å². The third-order valence-electron chi connectivity index (χ3n) is 3.08. The molecule has 1 amide bonds. The Morgan fingerprint density at radius 2 is 2.28 bits per heavy atom. The summed E-state index contributed by atoms with van der Waals surface area (Å²) in [7, 11) is 1.35. The molecule has 1 saturated heterocycles. The normalized spacial score (nSPS) is 19.7. The van der Waals surface area contributed by atoms with Crippen molar-refractivity contribution >= 4 is 23.2 Å². The lowest BCUT2D eigenvalue weighted by Crippen LogP contribution is -2.48. The highest BCUT2D eigenvalue weighted by atomic mass is 32.1. The first-order valence-corrected chi connectivity index (χ1v) is 6.82. The maximum atomic E-state index is 12.3. The van der Waals surface area contributed by atoms with Crippen LogP contribution in [-0.2, 0) is 9.53 Å². The second kappa shape index (κ2) is 5.48. The van der Waals surface area contributed by atoms with E-state index in [2.05, 4.69) is 4.98 Å². The molecule has 0 aromatic carbocycles. The summed E-state index contributed by atoms with van der Waals surface area (Å²) in [5, 5.41) is 2.59. The molecule has 2 heterocycles. The minimum atomic E-state index is -0.460. The number of aromatic nitrogens is 1. The molecule has 0 aliphatic carbocycles. The number of rotatable bonds is 2. The van der Waals surface area contributed by atoms with E-state index in [0.29, 0.717) is 18.7 Å². The number of nitrogens with zero attached hydrogens (tertiary/aromatic N) is 2. The predicted molar refractivity (Wildman–Crippen MR) is 67.5 cm³/mol. The van der Waals surface area contributed by atoms with Gasteiger partial charge in [-0.2, -0.15) is 0 Å². The van der Waals surface area contributed by atoms with Crippen LogP contribution in [0, 0.1) is 6.92 Å². The van der Waals surface area contributed by atoms with Crippen LogP contribution in [0.4, 0.5) is 0 Å². The van der Waals surface area contributed by atoms with Crippen LogP contribution in [0.25, 0.3) is 0 Å². The molecule has 0 spiro atoms. The van der Waals surface area contributed by atoms with Crippen molar-refractivity contribution in [3.05, 3.63) is 16.1 Å². The lowest BCUT2D eigenvalue weighted by molar-refractivity contribution is -0.147. The minimum Gasteiger partial charge on any atom is -0.467 e. The van der Waals surface area contributed by atoms with Crippen molar-refractivity contribution in [1.29, 1.82) is 0 Å². The second-order valence-electron chi connectivity index (χ2n) is 4.29. The van der Waals surface area contributed by atoms with Crippen LogP contribution >= 0.6 is 11.3 Å². The van der Waals surface area contributed by atoms with Gasteiger partial charge in [-0.15, -0.1) is 11.3 Å². The summed E-state index contributed by atoms with van der Waals surface area (Å²) in [6.45, 7) is 2.45. The van der Waals surface area contributed by atoms with Gasteiger partial charge in [-0.3, -0.25) is 4.79 Å². The van der Waals surface area contributed by atoms with Gasteiger partial charge in [-0.05, 0) is 26.2 Å². The fourth-order valence-electron chi connectivity index (χ4n) is 2.16. The van der Waals surface area contributed by atoms with Crippen LogP contribution in [0.3, 0.4) is 0 Å². The van der Waals surface area contributed by atoms with E-state index < -0.39 is 6.04 Å². The molecule has 5 nitrogen and oxygen atoms in total. The summed E-state index contributed by atoms with van der Waals surface area (Å²) in [6.07, 6.45) is 2.53. The van der Waals surface area contributed by atoms with Crippen LogP contribution in [0.2, 0.25) is 0 Å². The lowest BCUT2D eigenvalue weighted by atomic mass is 10.0. The highest BCUT2D eigenvalue weighted by Gasteiger charge is 2.34. The minimum absolute atomic E-state index is 0.172. The van der Waals surface area contributed by atoms with Gasteiger partial charge in [0.1, 0.15) is 11.7 Å². The van der Waals surface area contributed by atoms with Crippen LogP contribution < -0.4 is 0 Å². The maximum absolute atomic E-state index is 12.3. The number of aryl methyl sites for hydroxylation is 1. The van der Waals surface area contributed by atoms with Crippen molar-refractivity contribution in [2.24, 2.45) is 0 Å². The zero-order valence-corrected chi connectivity index (χ0v) is 11.3. The number of amides is 1. The molecule has 6 heteroatoms. The van der Waals surface area contributed by atoms with Crippen molar-refractivity contribution in [3.8, 4) is 0 Å². The molecule has 1 aromatic heterocycles. The number of esters is 1. The molecule has 1 aliphatic rings. The average molecular weight is 268 g/mol. The van der Waals surface area contributed by atoms with Crippen molar-refractivity contribution in [3.63, 3.8) is 0 Å². The lowest BCUT2D eigenvalue weighted by Gasteiger charge is -2.33. The third kappa shape index (κ3) is 2.53. The van der Waals surface area contributed by atoms with E-state index in [1.807, 2.05) is 6.92 Å². The molecule has 18 heavy (non-hydrogen) atoms. The molecular formula is C12H16N2O3S. The molecule has 2 rings (SSSR count).